The van der Waals surface area contributed by atoms with E-state index in [-0.39, 0.29) is 12.3 Å². The first-order chi connectivity index (χ1) is 9.66. The van der Waals surface area contributed by atoms with E-state index in [0.29, 0.717) is 19.5 Å². The second-order valence-electron chi connectivity index (χ2n) is 4.99. The van der Waals surface area contributed by atoms with Gasteiger partial charge >= 0.3 is 5.97 Å². The molecule has 1 fully saturated rings. The first-order valence-electron chi connectivity index (χ1n) is 6.96. The third kappa shape index (κ3) is 3.98. The maximum atomic E-state index is 12.1. The summed E-state index contributed by atoms with van der Waals surface area (Å²) in [5.41, 5.74) is 0.965. The predicted molar refractivity (Wildman–Crippen MR) is 76.7 cm³/mol. The first kappa shape index (κ1) is 14.4. The Morgan fingerprint density at radius 1 is 1.20 bits per heavy atom. The molecule has 20 heavy (non-hydrogen) atoms. The van der Waals surface area contributed by atoms with Gasteiger partial charge in [0.15, 0.2) is 0 Å². The molecule has 0 spiro atoms. The number of hydrogen-bond donors (Lipinski definition) is 1. The molecule has 0 aromatic heterocycles. The second-order valence-corrected chi connectivity index (χ2v) is 4.99. The van der Waals surface area contributed by atoms with Crippen molar-refractivity contribution in [1.82, 2.24) is 4.90 Å². The van der Waals surface area contributed by atoms with Crippen LogP contribution in [0.1, 0.15) is 19.3 Å². The van der Waals surface area contributed by atoms with Crippen LogP contribution < -0.4 is 4.90 Å². The van der Waals surface area contributed by atoms with Gasteiger partial charge in [-0.25, -0.2) is 0 Å². The minimum absolute atomic E-state index is 0.121. The lowest BCUT2D eigenvalue weighted by atomic mass is 10.2. The molecule has 1 aromatic rings. The van der Waals surface area contributed by atoms with E-state index in [0.717, 1.165) is 25.2 Å². The van der Waals surface area contributed by atoms with Crippen LogP contribution >= 0.6 is 0 Å². The Kier molecular flexibility index (Phi) is 4.98. The molecule has 1 N–H and O–H groups in total. The van der Waals surface area contributed by atoms with Crippen molar-refractivity contribution in [3.63, 3.8) is 0 Å². The van der Waals surface area contributed by atoms with E-state index in [4.69, 9.17) is 5.11 Å². The molecule has 1 saturated heterocycles. The molecule has 0 aliphatic carbocycles. The van der Waals surface area contributed by atoms with Crippen LogP contribution in [0.3, 0.4) is 0 Å². The summed E-state index contributed by atoms with van der Waals surface area (Å²) in [6.45, 7) is 2.59. The normalized spacial score (nSPS) is 13.7. The van der Waals surface area contributed by atoms with Gasteiger partial charge in [0.05, 0.1) is 6.54 Å². The van der Waals surface area contributed by atoms with Gasteiger partial charge < -0.3 is 14.9 Å². The van der Waals surface area contributed by atoms with E-state index in [2.05, 4.69) is 0 Å². The summed E-state index contributed by atoms with van der Waals surface area (Å²) < 4.78 is 0. The van der Waals surface area contributed by atoms with Crippen molar-refractivity contribution < 1.29 is 14.7 Å². The van der Waals surface area contributed by atoms with Gasteiger partial charge in [-0.3, -0.25) is 9.59 Å². The molecule has 0 saturated carbocycles. The molecule has 1 aliphatic rings. The number of aliphatic carboxylic acids is 1. The molecule has 0 bridgehead atoms. The minimum atomic E-state index is -0.799. The van der Waals surface area contributed by atoms with Crippen molar-refractivity contribution >= 4 is 17.6 Å². The molecule has 108 valence electrons. The van der Waals surface area contributed by atoms with Crippen LogP contribution in [0.15, 0.2) is 30.3 Å². The summed E-state index contributed by atoms with van der Waals surface area (Å²) in [7, 11) is 0. The molecule has 0 atom stereocenters. The van der Waals surface area contributed by atoms with Crippen LogP contribution in [0.4, 0.5) is 5.69 Å². The summed E-state index contributed by atoms with van der Waals surface area (Å²) in [5, 5.41) is 8.72. The van der Waals surface area contributed by atoms with E-state index in [1.54, 1.807) is 0 Å². The lowest BCUT2D eigenvalue weighted by Gasteiger charge is -2.34. The van der Waals surface area contributed by atoms with Gasteiger partial charge in [0.25, 0.3) is 0 Å². The molecule has 5 heteroatoms. The number of para-hydroxylation sites is 1. The summed E-state index contributed by atoms with van der Waals surface area (Å²) in [4.78, 5) is 26.5. The van der Waals surface area contributed by atoms with E-state index in [1.807, 2.05) is 40.1 Å². The highest BCUT2D eigenvalue weighted by atomic mass is 16.4. The molecule has 1 amide bonds. The Bertz CT molecular complexity index is 457. The van der Waals surface area contributed by atoms with E-state index >= 15 is 0 Å². The SMILES string of the molecule is O=C(O)CCCN(CC(=O)N1CCC1)c1ccccc1. The van der Waals surface area contributed by atoms with Gasteiger partial charge in [-0.2, -0.15) is 0 Å². The number of likely N-dealkylation sites (tertiary alicyclic amines) is 1. The first-order valence-corrected chi connectivity index (χ1v) is 6.96. The topological polar surface area (TPSA) is 60.9 Å². The average Bonchev–Trinajstić information content (AvgIpc) is 2.36. The summed E-state index contributed by atoms with van der Waals surface area (Å²) in [6.07, 6.45) is 1.74. The highest BCUT2D eigenvalue weighted by Gasteiger charge is 2.22. The molecule has 5 nitrogen and oxygen atoms in total. The standard InChI is InChI=1S/C15H20N2O3/c18-14(16-10-5-11-16)12-17(9-4-8-15(19)20)13-6-2-1-3-7-13/h1-3,6-7H,4-5,8-12H2,(H,19,20). The molecule has 1 aliphatic heterocycles. The molecular formula is C15H20N2O3. The lowest BCUT2D eigenvalue weighted by Crippen LogP contribution is -2.47. The lowest BCUT2D eigenvalue weighted by molar-refractivity contribution is -0.137. The maximum absolute atomic E-state index is 12.1. The number of anilines is 1. The number of nitrogens with zero attached hydrogens (tertiary/aromatic N) is 2. The number of benzene rings is 1. The quantitative estimate of drug-likeness (QED) is 0.821. The number of hydrogen-bond acceptors (Lipinski definition) is 3. The molecular weight excluding hydrogens is 256 g/mol. The van der Waals surface area contributed by atoms with Crippen molar-refractivity contribution in [3.8, 4) is 0 Å². The zero-order valence-electron chi connectivity index (χ0n) is 11.5. The van der Waals surface area contributed by atoms with Gasteiger partial charge in [-0.05, 0) is 25.0 Å². The second kappa shape index (κ2) is 6.93. The third-order valence-corrected chi connectivity index (χ3v) is 3.47. The Labute approximate surface area is 118 Å². The van der Waals surface area contributed by atoms with Crippen LogP contribution in [0, 0.1) is 0 Å². The Morgan fingerprint density at radius 2 is 1.90 bits per heavy atom. The monoisotopic (exact) mass is 276 g/mol. The number of carbonyl (C=O) groups is 2. The average molecular weight is 276 g/mol. The van der Waals surface area contributed by atoms with Crippen molar-refractivity contribution in [2.75, 3.05) is 31.1 Å². The fourth-order valence-electron chi connectivity index (χ4n) is 2.19. The van der Waals surface area contributed by atoms with Gasteiger partial charge in [0, 0.05) is 31.7 Å². The van der Waals surface area contributed by atoms with Gasteiger partial charge in [-0.1, -0.05) is 18.2 Å². The summed E-state index contributed by atoms with van der Waals surface area (Å²) in [6, 6.07) is 9.67. The fourth-order valence-corrected chi connectivity index (χ4v) is 2.19. The van der Waals surface area contributed by atoms with Crippen LogP contribution in [0.5, 0.6) is 0 Å². The van der Waals surface area contributed by atoms with Crippen LogP contribution in [0.25, 0.3) is 0 Å². The summed E-state index contributed by atoms with van der Waals surface area (Å²) >= 11 is 0. The molecule has 0 radical (unpaired) electrons. The summed E-state index contributed by atoms with van der Waals surface area (Å²) in [5.74, 6) is -0.678. The molecule has 2 rings (SSSR count). The molecule has 0 unspecified atom stereocenters. The van der Waals surface area contributed by atoms with Crippen molar-refractivity contribution in [2.24, 2.45) is 0 Å². The van der Waals surface area contributed by atoms with E-state index in [9.17, 15) is 9.59 Å². The Morgan fingerprint density at radius 3 is 2.45 bits per heavy atom. The fraction of sp³-hybridized carbons (Fsp3) is 0.467. The highest BCUT2D eigenvalue weighted by Crippen LogP contribution is 2.15. The van der Waals surface area contributed by atoms with Crippen molar-refractivity contribution in [1.29, 1.82) is 0 Å². The van der Waals surface area contributed by atoms with Crippen molar-refractivity contribution in [3.05, 3.63) is 30.3 Å². The zero-order valence-corrected chi connectivity index (χ0v) is 11.5. The van der Waals surface area contributed by atoms with Crippen LogP contribution in [-0.2, 0) is 9.59 Å². The highest BCUT2D eigenvalue weighted by molar-refractivity contribution is 5.82. The predicted octanol–water partition coefficient (Wildman–Crippen LogP) is 1.59. The van der Waals surface area contributed by atoms with Crippen LogP contribution in [-0.4, -0.2) is 48.1 Å². The minimum Gasteiger partial charge on any atom is -0.481 e. The van der Waals surface area contributed by atoms with Crippen molar-refractivity contribution in [2.45, 2.75) is 19.3 Å². The number of carbonyl (C=O) groups excluding carboxylic acids is 1. The van der Waals surface area contributed by atoms with Gasteiger partial charge in [0.2, 0.25) is 5.91 Å². The zero-order chi connectivity index (χ0) is 14.4. The number of amides is 1. The number of carboxylic acid groups (broad SMARTS) is 1. The van der Waals surface area contributed by atoms with Crippen LogP contribution in [0.2, 0.25) is 0 Å². The molecule has 1 aromatic carbocycles. The van der Waals surface area contributed by atoms with E-state index in [1.165, 1.54) is 0 Å². The number of carboxylic acids is 1. The van der Waals surface area contributed by atoms with E-state index < -0.39 is 5.97 Å². The third-order valence-electron chi connectivity index (χ3n) is 3.47. The van der Waals surface area contributed by atoms with Gasteiger partial charge in [-0.15, -0.1) is 0 Å². The smallest absolute Gasteiger partial charge is 0.303 e. The molecule has 1 heterocycles. The Hall–Kier alpha value is -2.04. The Balaban J connectivity index is 1.95. The maximum Gasteiger partial charge on any atom is 0.303 e. The van der Waals surface area contributed by atoms with Gasteiger partial charge in [0.1, 0.15) is 0 Å². The largest absolute Gasteiger partial charge is 0.481 e. The number of rotatable bonds is 7.